The van der Waals surface area contributed by atoms with Gasteiger partial charge in [-0.15, -0.1) is 0 Å². The van der Waals surface area contributed by atoms with Crippen molar-refractivity contribution in [2.45, 2.75) is 13.5 Å². The first kappa shape index (κ1) is 12.3. The molecule has 5 nitrogen and oxygen atoms in total. The van der Waals surface area contributed by atoms with Gasteiger partial charge in [0.25, 0.3) is 0 Å². The van der Waals surface area contributed by atoms with Crippen molar-refractivity contribution in [3.05, 3.63) is 41.3 Å². The van der Waals surface area contributed by atoms with Crippen LogP contribution in [0.5, 0.6) is 0 Å². The minimum atomic E-state index is -0.421. The van der Waals surface area contributed by atoms with Crippen molar-refractivity contribution in [3.63, 3.8) is 0 Å². The maximum Gasteiger partial charge on any atom is 0.338 e. The number of nitrogens with two attached hydrogens (primary N) is 1. The topological polar surface area (TPSA) is 78.3 Å². The SMILES string of the molecule is COC(=O)c1ccccc1-c1nc(CN)c(C)o1. The van der Waals surface area contributed by atoms with Gasteiger partial charge in [0.2, 0.25) is 5.89 Å². The summed E-state index contributed by atoms with van der Waals surface area (Å²) >= 11 is 0. The molecule has 0 unspecified atom stereocenters. The third kappa shape index (κ3) is 2.12. The molecule has 94 valence electrons. The Morgan fingerprint density at radius 2 is 2.17 bits per heavy atom. The molecular weight excluding hydrogens is 232 g/mol. The van der Waals surface area contributed by atoms with Crippen molar-refractivity contribution in [1.82, 2.24) is 4.98 Å². The van der Waals surface area contributed by atoms with Crippen LogP contribution in [0.2, 0.25) is 0 Å². The molecule has 0 aliphatic carbocycles. The molecule has 0 amide bonds. The average Bonchev–Trinajstić information content (AvgIpc) is 2.79. The van der Waals surface area contributed by atoms with E-state index < -0.39 is 5.97 Å². The Hall–Kier alpha value is -2.14. The van der Waals surface area contributed by atoms with E-state index in [-0.39, 0.29) is 0 Å². The van der Waals surface area contributed by atoms with Crippen LogP contribution in [-0.4, -0.2) is 18.1 Å². The molecule has 0 saturated carbocycles. The maximum absolute atomic E-state index is 11.7. The van der Waals surface area contributed by atoms with Gasteiger partial charge in [0, 0.05) is 6.54 Å². The quantitative estimate of drug-likeness (QED) is 0.837. The van der Waals surface area contributed by atoms with Gasteiger partial charge in [-0.25, -0.2) is 9.78 Å². The molecule has 1 aromatic heterocycles. The van der Waals surface area contributed by atoms with Crippen molar-refractivity contribution < 1.29 is 13.9 Å². The largest absolute Gasteiger partial charge is 0.465 e. The zero-order valence-electron chi connectivity index (χ0n) is 10.3. The van der Waals surface area contributed by atoms with Crippen molar-refractivity contribution in [3.8, 4) is 11.5 Å². The van der Waals surface area contributed by atoms with Gasteiger partial charge in [-0.2, -0.15) is 0 Å². The molecule has 18 heavy (non-hydrogen) atoms. The predicted octanol–water partition coefficient (Wildman–Crippen LogP) is 1.90. The summed E-state index contributed by atoms with van der Waals surface area (Å²) in [5.41, 5.74) is 7.26. The van der Waals surface area contributed by atoms with E-state index >= 15 is 0 Å². The molecule has 0 aliphatic heterocycles. The Morgan fingerprint density at radius 3 is 2.78 bits per heavy atom. The van der Waals surface area contributed by atoms with E-state index in [0.29, 0.717) is 35.0 Å². The lowest BCUT2D eigenvalue weighted by Crippen LogP contribution is -2.03. The van der Waals surface area contributed by atoms with Gasteiger partial charge in [-0.3, -0.25) is 0 Å². The fourth-order valence-electron chi connectivity index (χ4n) is 1.69. The molecule has 0 atom stereocenters. The predicted molar refractivity (Wildman–Crippen MR) is 65.9 cm³/mol. The number of esters is 1. The first-order valence-corrected chi connectivity index (χ1v) is 5.51. The number of hydrogen-bond acceptors (Lipinski definition) is 5. The zero-order valence-corrected chi connectivity index (χ0v) is 10.3. The molecule has 0 spiro atoms. The number of carbonyl (C=O) groups is 1. The zero-order chi connectivity index (χ0) is 13.1. The van der Waals surface area contributed by atoms with E-state index in [2.05, 4.69) is 4.98 Å². The van der Waals surface area contributed by atoms with E-state index in [4.69, 9.17) is 14.9 Å². The minimum Gasteiger partial charge on any atom is -0.465 e. The van der Waals surface area contributed by atoms with E-state index in [1.165, 1.54) is 7.11 Å². The number of oxazole rings is 1. The normalized spacial score (nSPS) is 10.4. The molecule has 1 heterocycles. The number of rotatable bonds is 3. The molecule has 2 rings (SSSR count). The number of methoxy groups -OCH3 is 1. The average molecular weight is 246 g/mol. The smallest absolute Gasteiger partial charge is 0.338 e. The number of ether oxygens (including phenoxy) is 1. The molecular formula is C13H14N2O3. The van der Waals surface area contributed by atoms with E-state index in [9.17, 15) is 4.79 Å². The summed E-state index contributed by atoms with van der Waals surface area (Å²) in [7, 11) is 1.34. The van der Waals surface area contributed by atoms with Crippen molar-refractivity contribution in [2.75, 3.05) is 7.11 Å². The summed E-state index contributed by atoms with van der Waals surface area (Å²) in [4.78, 5) is 15.9. The monoisotopic (exact) mass is 246 g/mol. The van der Waals surface area contributed by atoms with Crippen LogP contribution < -0.4 is 5.73 Å². The Balaban J connectivity index is 2.53. The Kier molecular flexibility index (Phi) is 3.43. The molecule has 0 bridgehead atoms. The summed E-state index contributed by atoms with van der Waals surface area (Å²) in [6.45, 7) is 2.09. The Morgan fingerprint density at radius 1 is 1.44 bits per heavy atom. The van der Waals surface area contributed by atoms with Crippen molar-refractivity contribution >= 4 is 5.97 Å². The number of benzene rings is 1. The number of aryl methyl sites for hydroxylation is 1. The fourth-order valence-corrected chi connectivity index (χ4v) is 1.69. The third-order valence-corrected chi connectivity index (χ3v) is 2.65. The molecule has 5 heteroatoms. The lowest BCUT2D eigenvalue weighted by molar-refractivity contribution is 0.0601. The molecule has 2 aromatic rings. The van der Waals surface area contributed by atoms with E-state index in [0.717, 1.165) is 0 Å². The standard InChI is InChI=1S/C13H14N2O3/c1-8-11(7-14)15-12(18-8)9-5-3-4-6-10(9)13(16)17-2/h3-6H,7,14H2,1-2H3. The molecule has 0 radical (unpaired) electrons. The second-order valence-electron chi connectivity index (χ2n) is 3.76. The molecule has 0 aliphatic rings. The number of carbonyl (C=O) groups excluding carboxylic acids is 1. The summed E-state index contributed by atoms with van der Waals surface area (Å²) in [5.74, 6) is 0.622. The highest BCUT2D eigenvalue weighted by Gasteiger charge is 2.17. The Labute approximate surface area is 105 Å². The third-order valence-electron chi connectivity index (χ3n) is 2.65. The van der Waals surface area contributed by atoms with Crippen molar-refractivity contribution in [2.24, 2.45) is 5.73 Å². The van der Waals surface area contributed by atoms with Gasteiger partial charge in [0.1, 0.15) is 5.76 Å². The molecule has 0 saturated heterocycles. The Bertz CT molecular complexity index is 575. The highest BCUT2D eigenvalue weighted by Crippen LogP contribution is 2.25. The van der Waals surface area contributed by atoms with Crippen LogP contribution in [0.1, 0.15) is 21.8 Å². The molecule has 2 N–H and O–H groups in total. The second kappa shape index (κ2) is 5.01. The number of hydrogen-bond donors (Lipinski definition) is 1. The van der Waals surface area contributed by atoms with Crippen LogP contribution in [0.3, 0.4) is 0 Å². The first-order chi connectivity index (χ1) is 8.67. The van der Waals surface area contributed by atoms with Crippen molar-refractivity contribution in [1.29, 1.82) is 0 Å². The summed E-state index contributed by atoms with van der Waals surface area (Å²) in [6, 6.07) is 7.00. The van der Waals surface area contributed by atoms with Gasteiger partial charge in [0.05, 0.1) is 23.9 Å². The number of aromatic nitrogens is 1. The van der Waals surface area contributed by atoms with Gasteiger partial charge in [-0.1, -0.05) is 12.1 Å². The van der Waals surface area contributed by atoms with Gasteiger partial charge in [0.15, 0.2) is 0 Å². The van der Waals surface area contributed by atoms with Crippen LogP contribution in [0.4, 0.5) is 0 Å². The molecule has 1 aromatic carbocycles. The lowest BCUT2D eigenvalue weighted by Gasteiger charge is -2.03. The highest BCUT2D eigenvalue weighted by atomic mass is 16.5. The minimum absolute atomic E-state index is 0.301. The summed E-state index contributed by atoms with van der Waals surface area (Å²) in [6.07, 6.45) is 0. The van der Waals surface area contributed by atoms with Gasteiger partial charge < -0.3 is 14.9 Å². The highest BCUT2D eigenvalue weighted by molar-refractivity contribution is 5.96. The van der Waals surface area contributed by atoms with Gasteiger partial charge in [-0.05, 0) is 19.1 Å². The van der Waals surface area contributed by atoms with Crippen LogP contribution >= 0.6 is 0 Å². The van der Waals surface area contributed by atoms with Crippen LogP contribution in [0.25, 0.3) is 11.5 Å². The van der Waals surface area contributed by atoms with Gasteiger partial charge >= 0.3 is 5.97 Å². The maximum atomic E-state index is 11.7. The summed E-state index contributed by atoms with van der Waals surface area (Å²) in [5, 5.41) is 0. The van der Waals surface area contributed by atoms with Crippen LogP contribution in [0.15, 0.2) is 28.7 Å². The summed E-state index contributed by atoms with van der Waals surface area (Å²) < 4.78 is 10.3. The lowest BCUT2D eigenvalue weighted by atomic mass is 10.1. The number of nitrogens with zero attached hydrogens (tertiary/aromatic N) is 1. The first-order valence-electron chi connectivity index (χ1n) is 5.51. The van der Waals surface area contributed by atoms with E-state index in [1.54, 1.807) is 25.1 Å². The fraction of sp³-hybridized carbons (Fsp3) is 0.231. The van der Waals surface area contributed by atoms with E-state index in [1.807, 2.05) is 6.07 Å². The second-order valence-corrected chi connectivity index (χ2v) is 3.76. The van der Waals surface area contributed by atoms with Crippen LogP contribution in [0, 0.1) is 6.92 Å². The molecule has 0 fully saturated rings. The van der Waals surface area contributed by atoms with Crippen LogP contribution in [-0.2, 0) is 11.3 Å².